The standard InChI is InChI=1S/C22H24N6OS/c1-5-6-10-17(23-4)15(3)26-22-27-18-12-14(2)30-20(18)19(28-22)21(29)25-13-16-9-7-8-11-24-16/h5-12,15H,4,13H2,1-3H3,(H,25,29)(H,26,27,28)/b6-5-,17-10-/t15-/m0/s1. The number of carbonyl (C=O) groups excluding carboxylic acids is 1. The van der Waals surface area contributed by atoms with Crippen LogP contribution < -0.4 is 10.6 Å². The molecule has 7 nitrogen and oxygen atoms in total. The third-order valence-electron chi connectivity index (χ3n) is 4.30. The fourth-order valence-electron chi connectivity index (χ4n) is 2.82. The Labute approximate surface area is 179 Å². The molecule has 0 bridgehead atoms. The monoisotopic (exact) mass is 420 g/mol. The maximum atomic E-state index is 12.9. The van der Waals surface area contributed by atoms with E-state index >= 15 is 0 Å². The van der Waals surface area contributed by atoms with Crippen molar-refractivity contribution in [1.29, 1.82) is 0 Å². The van der Waals surface area contributed by atoms with Gasteiger partial charge in [0.05, 0.1) is 34.2 Å². The van der Waals surface area contributed by atoms with E-state index in [2.05, 4.69) is 37.3 Å². The largest absolute Gasteiger partial charge is 0.346 e. The normalized spacial score (nSPS) is 12.8. The lowest BCUT2D eigenvalue weighted by Gasteiger charge is -2.15. The highest BCUT2D eigenvalue weighted by molar-refractivity contribution is 7.19. The van der Waals surface area contributed by atoms with Crippen LogP contribution in [-0.4, -0.2) is 33.6 Å². The van der Waals surface area contributed by atoms with Gasteiger partial charge in [-0.1, -0.05) is 18.2 Å². The lowest BCUT2D eigenvalue weighted by atomic mass is 10.2. The van der Waals surface area contributed by atoms with Crippen LogP contribution in [0.1, 0.15) is 34.9 Å². The van der Waals surface area contributed by atoms with Gasteiger partial charge in [-0.05, 0) is 51.8 Å². The Balaban J connectivity index is 1.88. The van der Waals surface area contributed by atoms with Crippen LogP contribution in [0, 0.1) is 6.92 Å². The van der Waals surface area contributed by atoms with Crippen molar-refractivity contribution in [3.8, 4) is 0 Å². The van der Waals surface area contributed by atoms with Crippen LogP contribution in [0.3, 0.4) is 0 Å². The first-order chi connectivity index (χ1) is 14.5. The molecule has 3 rings (SSSR count). The number of aromatic nitrogens is 3. The number of aliphatic imine (C=N–C) groups is 1. The SMILES string of the molecule is C=N/C(=C\C=C/C)[C@H](C)Nc1nc(C(=O)NCc2ccccn2)c2sc(C)cc2n1. The summed E-state index contributed by atoms with van der Waals surface area (Å²) < 4.78 is 0.760. The summed E-state index contributed by atoms with van der Waals surface area (Å²) >= 11 is 1.50. The summed E-state index contributed by atoms with van der Waals surface area (Å²) in [6, 6.07) is 7.36. The van der Waals surface area contributed by atoms with E-state index in [1.165, 1.54) is 11.3 Å². The van der Waals surface area contributed by atoms with E-state index in [0.717, 1.165) is 26.5 Å². The molecular formula is C22H24N6OS. The van der Waals surface area contributed by atoms with Crippen molar-refractivity contribution in [2.24, 2.45) is 4.99 Å². The first kappa shape index (κ1) is 21.3. The number of rotatable bonds is 8. The Morgan fingerprint density at radius 2 is 2.20 bits per heavy atom. The Bertz CT molecular complexity index is 1100. The Hall–Kier alpha value is -3.39. The zero-order chi connectivity index (χ0) is 21.5. The molecule has 0 fully saturated rings. The fraction of sp³-hybridized carbons (Fsp3) is 0.227. The molecule has 0 saturated carbocycles. The minimum absolute atomic E-state index is 0.180. The molecule has 30 heavy (non-hydrogen) atoms. The summed E-state index contributed by atoms with van der Waals surface area (Å²) in [5, 5.41) is 6.12. The average molecular weight is 421 g/mol. The van der Waals surface area contributed by atoms with E-state index in [0.29, 0.717) is 18.2 Å². The molecule has 2 N–H and O–H groups in total. The summed E-state index contributed by atoms with van der Waals surface area (Å²) in [6.45, 7) is 9.81. The van der Waals surface area contributed by atoms with Crippen LogP contribution >= 0.6 is 11.3 Å². The maximum absolute atomic E-state index is 12.9. The minimum Gasteiger partial charge on any atom is -0.346 e. The number of nitrogens with zero attached hydrogens (tertiary/aromatic N) is 4. The predicted molar refractivity (Wildman–Crippen MR) is 123 cm³/mol. The summed E-state index contributed by atoms with van der Waals surface area (Å²) in [5.74, 6) is 0.1000. The van der Waals surface area contributed by atoms with Gasteiger partial charge in [0.15, 0.2) is 5.69 Å². The van der Waals surface area contributed by atoms with Crippen molar-refractivity contribution in [2.75, 3.05) is 5.32 Å². The second-order valence-corrected chi connectivity index (χ2v) is 7.87. The Morgan fingerprint density at radius 3 is 2.90 bits per heavy atom. The highest BCUT2D eigenvalue weighted by Crippen LogP contribution is 2.27. The summed E-state index contributed by atoms with van der Waals surface area (Å²) in [5.41, 5.74) is 2.60. The van der Waals surface area contributed by atoms with E-state index in [-0.39, 0.29) is 11.9 Å². The molecule has 0 aliphatic heterocycles. The number of aryl methyl sites for hydroxylation is 1. The number of amides is 1. The molecule has 1 atom stereocenters. The fourth-order valence-corrected chi connectivity index (χ4v) is 3.76. The van der Waals surface area contributed by atoms with E-state index in [4.69, 9.17) is 0 Å². The zero-order valence-electron chi connectivity index (χ0n) is 17.2. The number of fused-ring (bicyclic) bond motifs is 1. The van der Waals surface area contributed by atoms with Crippen LogP contribution in [0.5, 0.6) is 0 Å². The second kappa shape index (κ2) is 9.89. The van der Waals surface area contributed by atoms with Gasteiger partial charge in [0, 0.05) is 11.1 Å². The molecule has 0 aliphatic rings. The van der Waals surface area contributed by atoms with E-state index in [9.17, 15) is 4.79 Å². The van der Waals surface area contributed by atoms with Gasteiger partial charge in [0.25, 0.3) is 5.91 Å². The second-order valence-electron chi connectivity index (χ2n) is 6.61. The van der Waals surface area contributed by atoms with Gasteiger partial charge >= 0.3 is 0 Å². The Kier molecular flexibility index (Phi) is 7.03. The van der Waals surface area contributed by atoms with Crippen LogP contribution in [0.25, 0.3) is 10.2 Å². The number of pyridine rings is 1. The molecular weight excluding hydrogens is 396 g/mol. The van der Waals surface area contributed by atoms with Gasteiger partial charge in [-0.25, -0.2) is 9.97 Å². The number of hydrogen-bond donors (Lipinski definition) is 2. The van der Waals surface area contributed by atoms with Crippen molar-refractivity contribution in [3.05, 3.63) is 70.7 Å². The molecule has 0 radical (unpaired) electrons. The number of anilines is 1. The van der Waals surface area contributed by atoms with Gasteiger partial charge in [0.1, 0.15) is 0 Å². The highest BCUT2D eigenvalue weighted by Gasteiger charge is 2.18. The molecule has 0 aliphatic carbocycles. The molecule has 0 aromatic carbocycles. The molecule has 3 heterocycles. The smallest absolute Gasteiger partial charge is 0.271 e. The van der Waals surface area contributed by atoms with E-state index < -0.39 is 0 Å². The first-order valence-corrected chi connectivity index (χ1v) is 10.4. The van der Waals surface area contributed by atoms with Gasteiger partial charge in [-0.2, -0.15) is 0 Å². The van der Waals surface area contributed by atoms with Crippen LogP contribution in [-0.2, 0) is 6.54 Å². The van der Waals surface area contributed by atoms with Crippen molar-refractivity contribution in [1.82, 2.24) is 20.3 Å². The molecule has 0 unspecified atom stereocenters. The van der Waals surface area contributed by atoms with Crippen molar-refractivity contribution in [3.63, 3.8) is 0 Å². The van der Waals surface area contributed by atoms with E-state index in [1.807, 2.05) is 63.3 Å². The molecule has 154 valence electrons. The quantitative estimate of drug-likeness (QED) is 0.419. The van der Waals surface area contributed by atoms with Crippen LogP contribution in [0.15, 0.2) is 59.4 Å². The maximum Gasteiger partial charge on any atom is 0.271 e. The summed E-state index contributed by atoms with van der Waals surface area (Å²) in [6.07, 6.45) is 7.38. The minimum atomic E-state index is -0.267. The van der Waals surface area contributed by atoms with Gasteiger partial charge in [0.2, 0.25) is 5.95 Å². The van der Waals surface area contributed by atoms with Crippen LogP contribution in [0.2, 0.25) is 0 Å². The third kappa shape index (κ3) is 5.15. The number of carbonyl (C=O) groups is 1. The highest BCUT2D eigenvalue weighted by atomic mass is 32.1. The van der Waals surface area contributed by atoms with Crippen molar-refractivity contribution < 1.29 is 4.79 Å². The average Bonchev–Trinajstić information content (AvgIpc) is 3.12. The van der Waals surface area contributed by atoms with Crippen molar-refractivity contribution in [2.45, 2.75) is 33.4 Å². The number of nitrogens with one attached hydrogen (secondary N) is 2. The zero-order valence-corrected chi connectivity index (χ0v) is 18.0. The van der Waals surface area contributed by atoms with Gasteiger partial charge in [-0.3, -0.25) is 14.8 Å². The Morgan fingerprint density at radius 1 is 1.37 bits per heavy atom. The van der Waals surface area contributed by atoms with Gasteiger partial charge < -0.3 is 10.6 Å². The van der Waals surface area contributed by atoms with Gasteiger partial charge in [-0.15, -0.1) is 11.3 Å². The number of hydrogen-bond acceptors (Lipinski definition) is 7. The number of thiophene rings is 1. The van der Waals surface area contributed by atoms with E-state index in [1.54, 1.807) is 6.20 Å². The number of allylic oxidation sites excluding steroid dienone is 3. The molecule has 1 amide bonds. The molecule has 0 spiro atoms. The lowest BCUT2D eigenvalue weighted by molar-refractivity contribution is 0.0947. The summed E-state index contributed by atoms with van der Waals surface area (Å²) in [4.78, 5) is 31.4. The molecule has 0 saturated heterocycles. The summed E-state index contributed by atoms with van der Waals surface area (Å²) in [7, 11) is 0. The topological polar surface area (TPSA) is 92.2 Å². The molecule has 8 heteroatoms. The third-order valence-corrected chi connectivity index (χ3v) is 5.34. The van der Waals surface area contributed by atoms with Crippen molar-refractivity contribution >= 4 is 40.1 Å². The first-order valence-electron chi connectivity index (χ1n) is 9.54. The van der Waals surface area contributed by atoms with Crippen LogP contribution in [0.4, 0.5) is 5.95 Å². The molecule has 3 aromatic rings. The lowest BCUT2D eigenvalue weighted by Crippen LogP contribution is -2.26. The molecule has 3 aromatic heterocycles. The predicted octanol–water partition coefficient (Wildman–Crippen LogP) is 4.29.